The van der Waals surface area contributed by atoms with Crippen LogP contribution in [0.25, 0.3) is 10.8 Å². The van der Waals surface area contributed by atoms with E-state index in [1.54, 1.807) is 4.90 Å². The molecule has 1 atom stereocenters. The Bertz CT molecular complexity index is 1030. The Morgan fingerprint density at radius 1 is 1.00 bits per heavy atom. The highest BCUT2D eigenvalue weighted by molar-refractivity contribution is 5.94. The van der Waals surface area contributed by atoms with Crippen molar-refractivity contribution in [3.05, 3.63) is 83.7 Å². The molecule has 4 nitrogen and oxygen atoms in total. The first-order chi connectivity index (χ1) is 14.1. The van der Waals surface area contributed by atoms with E-state index in [-0.39, 0.29) is 23.5 Å². The average Bonchev–Trinajstić information content (AvgIpc) is 2.77. The fraction of sp³-hybridized carbons (Fsp3) is 0.250. The Labute approximate surface area is 169 Å². The van der Waals surface area contributed by atoms with Gasteiger partial charge >= 0.3 is 0 Å². The minimum absolute atomic E-state index is 0.0326. The Kier molecular flexibility index (Phi) is 5.56. The van der Waals surface area contributed by atoms with Crippen LogP contribution in [0.4, 0.5) is 4.39 Å². The zero-order valence-electron chi connectivity index (χ0n) is 16.1. The average molecular weight is 390 g/mol. The van der Waals surface area contributed by atoms with Gasteiger partial charge in [0.1, 0.15) is 5.82 Å². The third kappa shape index (κ3) is 4.45. The molecule has 0 spiro atoms. The van der Waals surface area contributed by atoms with Crippen molar-refractivity contribution in [2.24, 2.45) is 5.92 Å². The summed E-state index contributed by atoms with van der Waals surface area (Å²) in [6, 6.07) is 19.8. The second kappa shape index (κ2) is 8.43. The Morgan fingerprint density at radius 2 is 1.76 bits per heavy atom. The fourth-order valence-electron chi connectivity index (χ4n) is 3.83. The molecule has 29 heavy (non-hydrogen) atoms. The molecule has 0 bridgehead atoms. The monoisotopic (exact) mass is 390 g/mol. The molecule has 1 fully saturated rings. The Morgan fingerprint density at radius 3 is 2.55 bits per heavy atom. The summed E-state index contributed by atoms with van der Waals surface area (Å²) in [5.41, 5.74) is 1.50. The number of likely N-dealkylation sites (tertiary alicyclic amines) is 1. The molecule has 5 heteroatoms. The summed E-state index contributed by atoms with van der Waals surface area (Å²) in [4.78, 5) is 27.0. The van der Waals surface area contributed by atoms with E-state index in [0.717, 1.165) is 23.8 Å². The lowest BCUT2D eigenvalue weighted by Crippen LogP contribution is -2.45. The standard InChI is InChI=1S/C24H23FN2O2/c25-22-11-9-19(10-12-22)24(29)27-13-3-6-21(16-27)23(28)26-15-17-7-8-18-4-1-2-5-20(18)14-17/h1-2,4-5,7-12,14,21H,3,6,13,15-16H2,(H,26,28). The van der Waals surface area contributed by atoms with E-state index >= 15 is 0 Å². The SMILES string of the molecule is O=C(NCc1ccc2ccccc2c1)C1CCCN(C(=O)c2ccc(F)cc2)C1. The van der Waals surface area contributed by atoms with Gasteiger partial charge in [0.25, 0.3) is 5.91 Å². The van der Waals surface area contributed by atoms with Gasteiger partial charge in [0, 0.05) is 25.2 Å². The van der Waals surface area contributed by atoms with Crippen LogP contribution in [0, 0.1) is 11.7 Å². The quantitative estimate of drug-likeness (QED) is 0.728. The van der Waals surface area contributed by atoms with Crippen molar-refractivity contribution in [1.82, 2.24) is 10.2 Å². The van der Waals surface area contributed by atoms with Crippen molar-refractivity contribution in [1.29, 1.82) is 0 Å². The first kappa shape index (κ1) is 19.1. The number of carbonyl (C=O) groups excluding carboxylic acids is 2. The molecular formula is C24H23FN2O2. The van der Waals surface area contributed by atoms with Gasteiger partial charge in [-0.15, -0.1) is 0 Å². The molecule has 2 amide bonds. The normalized spacial score (nSPS) is 16.6. The summed E-state index contributed by atoms with van der Waals surface area (Å²) < 4.78 is 13.1. The van der Waals surface area contributed by atoms with E-state index < -0.39 is 0 Å². The molecule has 1 saturated heterocycles. The summed E-state index contributed by atoms with van der Waals surface area (Å²) in [6.07, 6.45) is 1.54. The summed E-state index contributed by atoms with van der Waals surface area (Å²) in [6.45, 7) is 1.47. The molecule has 148 valence electrons. The van der Waals surface area contributed by atoms with E-state index in [1.807, 2.05) is 18.2 Å². The first-order valence-corrected chi connectivity index (χ1v) is 9.90. The van der Waals surface area contributed by atoms with Gasteiger partial charge in [-0.05, 0) is 59.5 Å². The molecule has 1 N–H and O–H groups in total. The number of nitrogens with one attached hydrogen (secondary N) is 1. The summed E-state index contributed by atoms with van der Waals surface area (Å²) in [5.74, 6) is -0.786. The number of piperidine rings is 1. The molecule has 3 aromatic carbocycles. The second-order valence-corrected chi connectivity index (χ2v) is 7.50. The lowest BCUT2D eigenvalue weighted by Gasteiger charge is -2.32. The van der Waals surface area contributed by atoms with Crippen LogP contribution >= 0.6 is 0 Å². The molecule has 1 unspecified atom stereocenters. The van der Waals surface area contributed by atoms with Crippen LogP contribution in [0.3, 0.4) is 0 Å². The van der Waals surface area contributed by atoms with Crippen molar-refractivity contribution in [2.45, 2.75) is 19.4 Å². The third-order valence-corrected chi connectivity index (χ3v) is 5.45. The van der Waals surface area contributed by atoms with Gasteiger partial charge in [-0.3, -0.25) is 9.59 Å². The van der Waals surface area contributed by atoms with Crippen molar-refractivity contribution in [2.75, 3.05) is 13.1 Å². The van der Waals surface area contributed by atoms with Gasteiger partial charge in [0.05, 0.1) is 5.92 Å². The number of hydrogen-bond acceptors (Lipinski definition) is 2. The minimum Gasteiger partial charge on any atom is -0.352 e. The maximum atomic E-state index is 13.1. The highest BCUT2D eigenvalue weighted by Gasteiger charge is 2.28. The van der Waals surface area contributed by atoms with Crippen LogP contribution in [0.1, 0.15) is 28.8 Å². The molecule has 4 rings (SSSR count). The lowest BCUT2D eigenvalue weighted by molar-refractivity contribution is -0.126. The number of halogens is 1. The third-order valence-electron chi connectivity index (χ3n) is 5.45. The van der Waals surface area contributed by atoms with Gasteiger partial charge in [-0.25, -0.2) is 4.39 Å². The van der Waals surface area contributed by atoms with Crippen LogP contribution in [-0.2, 0) is 11.3 Å². The number of nitrogens with zero attached hydrogens (tertiary/aromatic N) is 1. The van der Waals surface area contributed by atoms with Crippen LogP contribution < -0.4 is 5.32 Å². The van der Waals surface area contributed by atoms with Gasteiger partial charge in [0.2, 0.25) is 5.91 Å². The second-order valence-electron chi connectivity index (χ2n) is 7.50. The van der Waals surface area contributed by atoms with E-state index in [1.165, 1.54) is 29.7 Å². The zero-order valence-corrected chi connectivity index (χ0v) is 16.1. The van der Waals surface area contributed by atoms with Crippen LogP contribution in [-0.4, -0.2) is 29.8 Å². The predicted octanol–water partition coefficient (Wildman–Crippen LogP) is 4.15. The van der Waals surface area contributed by atoms with Crippen LogP contribution in [0.5, 0.6) is 0 Å². The maximum absolute atomic E-state index is 13.1. The number of rotatable bonds is 4. The minimum atomic E-state index is -0.369. The molecule has 0 aromatic heterocycles. The van der Waals surface area contributed by atoms with Crippen molar-refractivity contribution >= 4 is 22.6 Å². The highest BCUT2D eigenvalue weighted by atomic mass is 19.1. The molecule has 0 radical (unpaired) electrons. The fourth-order valence-corrected chi connectivity index (χ4v) is 3.83. The first-order valence-electron chi connectivity index (χ1n) is 9.90. The van der Waals surface area contributed by atoms with Crippen molar-refractivity contribution in [3.8, 4) is 0 Å². The number of benzene rings is 3. The van der Waals surface area contributed by atoms with Gasteiger partial charge < -0.3 is 10.2 Å². The van der Waals surface area contributed by atoms with E-state index in [0.29, 0.717) is 25.2 Å². The molecule has 0 aliphatic carbocycles. The van der Waals surface area contributed by atoms with E-state index in [4.69, 9.17) is 0 Å². The topological polar surface area (TPSA) is 49.4 Å². The van der Waals surface area contributed by atoms with Crippen molar-refractivity contribution < 1.29 is 14.0 Å². The Hall–Kier alpha value is -3.21. The molecule has 1 aliphatic heterocycles. The summed E-state index contributed by atoms with van der Waals surface area (Å²) >= 11 is 0. The van der Waals surface area contributed by atoms with Gasteiger partial charge in [-0.2, -0.15) is 0 Å². The molecular weight excluding hydrogens is 367 g/mol. The Balaban J connectivity index is 1.36. The molecule has 0 saturated carbocycles. The number of amides is 2. The summed E-state index contributed by atoms with van der Waals surface area (Å²) in [7, 11) is 0. The van der Waals surface area contributed by atoms with Crippen LogP contribution in [0.2, 0.25) is 0 Å². The lowest BCUT2D eigenvalue weighted by atomic mass is 9.96. The number of hydrogen-bond donors (Lipinski definition) is 1. The van der Waals surface area contributed by atoms with Crippen LogP contribution in [0.15, 0.2) is 66.7 Å². The zero-order chi connectivity index (χ0) is 20.2. The van der Waals surface area contributed by atoms with Gasteiger partial charge in [-0.1, -0.05) is 36.4 Å². The maximum Gasteiger partial charge on any atom is 0.253 e. The van der Waals surface area contributed by atoms with Gasteiger partial charge in [0.15, 0.2) is 0 Å². The van der Waals surface area contributed by atoms with E-state index in [2.05, 4.69) is 29.6 Å². The largest absolute Gasteiger partial charge is 0.352 e. The molecule has 3 aromatic rings. The smallest absolute Gasteiger partial charge is 0.253 e. The number of carbonyl (C=O) groups is 2. The highest BCUT2D eigenvalue weighted by Crippen LogP contribution is 2.20. The van der Waals surface area contributed by atoms with E-state index in [9.17, 15) is 14.0 Å². The number of fused-ring (bicyclic) bond motifs is 1. The van der Waals surface area contributed by atoms with Crippen molar-refractivity contribution in [3.63, 3.8) is 0 Å². The predicted molar refractivity (Wildman–Crippen MR) is 111 cm³/mol. The molecule has 1 heterocycles. The summed E-state index contributed by atoms with van der Waals surface area (Å²) in [5, 5.41) is 5.33. The molecule has 1 aliphatic rings.